The maximum absolute atomic E-state index is 6.78. The van der Waals surface area contributed by atoms with Gasteiger partial charge < -0.3 is 4.42 Å². The summed E-state index contributed by atoms with van der Waals surface area (Å²) < 4.78 is 9.00. The lowest BCUT2D eigenvalue weighted by Crippen LogP contribution is -2.05. The van der Waals surface area contributed by atoms with Crippen LogP contribution >= 0.6 is 0 Å². The van der Waals surface area contributed by atoms with Crippen LogP contribution in [0.3, 0.4) is 0 Å². The van der Waals surface area contributed by atoms with E-state index >= 15 is 0 Å². The Morgan fingerprint density at radius 2 is 1.11 bits per heavy atom. The normalized spacial score (nSPS) is 11.9. The minimum atomic E-state index is 0.540. The van der Waals surface area contributed by atoms with Crippen LogP contribution in [0.1, 0.15) is 5.69 Å². The molecule has 0 unspecified atom stereocenters. The number of benzene rings is 6. The molecule has 4 aromatic heterocycles. The zero-order valence-electron chi connectivity index (χ0n) is 30.8. The molecular formula is C50H34N6O. The molecule has 10 rings (SSSR count). The summed E-state index contributed by atoms with van der Waals surface area (Å²) in [4.78, 5) is 25.9. The van der Waals surface area contributed by atoms with E-state index in [4.69, 9.17) is 29.3 Å². The fraction of sp³-hybridized carbons (Fsp3) is 0.0200. The third-order valence-electron chi connectivity index (χ3n) is 10.1. The topological polar surface area (TPSA) is 82.5 Å². The summed E-state index contributed by atoms with van der Waals surface area (Å²) in [5.41, 5.74) is 7.86. The lowest BCUT2D eigenvalue weighted by Gasteiger charge is -2.14. The van der Waals surface area contributed by atoms with Gasteiger partial charge >= 0.3 is 0 Å². The van der Waals surface area contributed by atoms with E-state index in [0.717, 1.165) is 77.5 Å². The second-order valence-electron chi connectivity index (χ2n) is 13.7. The van der Waals surface area contributed by atoms with Crippen molar-refractivity contribution in [1.82, 2.24) is 29.5 Å². The molecule has 0 atom stereocenters. The van der Waals surface area contributed by atoms with E-state index in [1.165, 1.54) is 0 Å². The molecule has 4 heterocycles. The van der Waals surface area contributed by atoms with Crippen LogP contribution in [-0.4, -0.2) is 29.5 Å². The average Bonchev–Trinajstić information content (AvgIpc) is 3.83. The number of aromatic nitrogens is 6. The Bertz CT molecular complexity index is 3110. The van der Waals surface area contributed by atoms with E-state index in [9.17, 15) is 0 Å². The minimum Gasteiger partial charge on any atom is -0.455 e. The number of para-hydroxylation sites is 2. The van der Waals surface area contributed by atoms with Gasteiger partial charge in [-0.05, 0) is 18.2 Å². The molecule has 7 nitrogen and oxygen atoms in total. The Balaban J connectivity index is 1.33. The molecule has 0 bridgehead atoms. The lowest BCUT2D eigenvalue weighted by molar-refractivity contribution is 0.673. The zero-order valence-corrected chi connectivity index (χ0v) is 30.8. The van der Waals surface area contributed by atoms with Crippen LogP contribution < -0.4 is 0 Å². The Morgan fingerprint density at radius 1 is 0.526 bits per heavy atom. The number of hydrogen-bond acceptors (Lipinski definition) is 6. The van der Waals surface area contributed by atoms with Crippen LogP contribution in [0.5, 0.6) is 0 Å². The van der Waals surface area contributed by atoms with Gasteiger partial charge in [-0.2, -0.15) is 0 Å². The minimum absolute atomic E-state index is 0.540. The van der Waals surface area contributed by atoms with E-state index in [2.05, 4.69) is 59.7 Å². The summed E-state index contributed by atoms with van der Waals surface area (Å²) in [6, 6.07) is 51.1. The SMILES string of the molecule is C=C/C=C\C=C/Cc1cc(-n2c3ccccc3c3c4oc5ccccc5c4cc(-c4nc(-c5ccccc5)nc(-c5ccccc5)n4)c32)nc(-c2ccccc2)n1. The molecule has 0 fully saturated rings. The molecule has 7 heteroatoms. The summed E-state index contributed by atoms with van der Waals surface area (Å²) in [5.74, 6) is 3.06. The largest absolute Gasteiger partial charge is 0.455 e. The van der Waals surface area contributed by atoms with E-state index in [1.807, 2.05) is 127 Å². The van der Waals surface area contributed by atoms with Crippen LogP contribution in [0, 0.1) is 0 Å². The van der Waals surface area contributed by atoms with E-state index in [-0.39, 0.29) is 0 Å². The van der Waals surface area contributed by atoms with Crippen molar-refractivity contribution in [2.75, 3.05) is 0 Å². The molecule has 0 saturated carbocycles. The first-order valence-corrected chi connectivity index (χ1v) is 18.9. The monoisotopic (exact) mass is 734 g/mol. The van der Waals surface area contributed by atoms with Crippen LogP contribution in [0.25, 0.3) is 95.1 Å². The van der Waals surface area contributed by atoms with Gasteiger partial charge in [0.05, 0.1) is 22.1 Å². The Morgan fingerprint density at radius 3 is 1.77 bits per heavy atom. The van der Waals surface area contributed by atoms with Crippen molar-refractivity contribution in [3.05, 3.63) is 194 Å². The lowest BCUT2D eigenvalue weighted by atomic mass is 10.0. The Hall–Kier alpha value is -7.77. The molecule has 0 aliphatic heterocycles. The second kappa shape index (κ2) is 14.5. The van der Waals surface area contributed by atoms with Gasteiger partial charge in [-0.3, -0.25) is 4.57 Å². The van der Waals surface area contributed by atoms with Crippen molar-refractivity contribution < 1.29 is 4.42 Å². The fourth-order valence-electron chi connectivity index (χ4n) is 7.50. The quantitative estimate of drug-likeness (QED) is 0.137. The van der Waals surface area contributed by atoms with Gasteiger partial charge in [-0.15, -0.1) is 0 Å². The highest BCUT2D eigenvalue weighted by Gasteiger charge is 2.26. The molecular weight excluding hydrogens is 701 g/mol. The van der Waals surface area contributed by atoms with Crippen LogP contribution in [0.2, 0.25) is 0 Å². The molecule has 0 spiro atoms. The van der Waals surface area contributed by atoms with Crippen LogP contribution in [0.15, 0.2) is 193 Å². The van der Waals surface area contributed by atoms with Crippen molar-refractivity contribution in [2.24, 2.45) is 0 Å². The Labute approximate surface area is 328 Å². The summed E-state index contributed by atoms with van der Waals surface area (Å²) in [6.45, 7) is 3.79. The summed E-state index contributed by atoms with van der Waals surface area (Å²) in [6.07, 6.45) is 10.3. The molecule has 0 saturated heterocycles. The van der Waals surface area contributed by atoms with Crippen LogP contribution in [-0.2, 0) is 6.42 Å². The molecule has 270 valence electrons. The van der Waals surface area contributed by atoms with Crippen molar-refractivity contribution in [2.45, 2.75) is 6.42 Å². The Kier molecular flexibility index (Phi) is 8.57. The number of allylic oxidation sites excluding steroid dienone is 5. The first kappa shape index (κ1) is 33.8. The van der Waals surface area contributed by atoms with Gasteiger partial charge in [0, 0.05) is 50.9 Å². The van der Waals surface area contributed by atoms with Gasteiger partial charge in [0.1, 0.15) is 17.0 Å². The van der Waals surface area contributed by atoms with Crippen LogP contribution in [0.4, 0.5) is 0 Å². The first-order valence-electron chi connectivity index (χ1n) is 18.9. The van der Waals surface area contributed by atoms with E-state index in [0.29, 0.717) is 29.7 Å². The van der Waals surface area contributed by atoms with Gasteiger partial charge in [0.25, 0.3) is 0 Å². The number of furan rings is 1. The smallest absolute Gasteiger partial charge is 0.166 e. The molecule has 0 N–H and O–H groups in total. The average molecular weight is 735 g/mol. The summed E-state index contributed by atoms with van der Waals surface area (Å²) in [5, 5.41) is 3.97. The first-order chi connectivity index (χ1) is 28.2. The number of fused-ring (bicyclic) bond motifs is 7. The molecule has 0 radical (unpaired) electrons. The molecule has 0 aliphatic carbocycles. The molecule has 57 heavy (non-hydrogen) atoms. The second-order valence-corrected chi connectivity index (χ2v) is 13.7. The highest BCUT2D eigenvalue weighted by atomic mass is 16.3. The number of hydrogen-bond donors (Lipinski definition) is 0. The third-order valence-corrected chi connectivity index (χ3v) is 10.1. The van der Waals surface area contributed by atoms with Crippen molar-refractivity contribution >= 4 is 43.7 Å². The molecule has 0 amide bonds. The number of rotatable bonds is 9. The maximum atomic E-state index is 6.78. The fourth-order valence-corrected chi connectivity index (χ4v) is 7.50. The molecule has 10 aromatic rings. The standard InChI is InChI=1S/C50H34N6O/c1-2-3-4-5-15-26-36-31-43(52-47(51-36)33-20-9-6-10-21-33)56-41-29-18-16-28-38(41)44-45(56)40(32-39-37-27-17-19-30-42(37)57-46(39)44)50-54-48(34-22-11-7-12-23-34)53-49(55-50)35-24-13-8-14-25-35/h2-25,27-32H,1,26H2/b4-3-,15-5-. The zero-order chi connectivity index (χ0) is 38.1. The van der Waals surface area contributed by atoms with Gasteiger partial charge in [0.15, 0.2) is 23.3 Å². The predicted molar refractivity (Wildman–Crippen MR) is 231 cm³/mol. The highest BCUT2D eigenvalue weighted by molar-refractivity contribution is 6.27. The molecule has 0 aliphatic rings. The highest BCUT2D eigenvalue weighted by Crippen LogP contribution is 2.45. The van der Waals surface area contributed by atoms with Gasteiger partial charge in [0.2, 0.25) is 0 Å². The maximum Gasteiger partial charge on any atom is 0.166 e. The van der Waals surface area contributed by atoms with E-state index < -0.39 is 0 Å². The number of nitrogens with zero attached hydrogens (tertiary/aromatic N) is 6. The van der Waals surface area contributed by atoms with Crippen molar-refractivity contribution in [3.8, 4) is 51.4 Å². The van der Waals surface area contributed by atoms with E-state index in [1.54, 1.807) is 6.08 Å². The third kappa shape index (κ3) is 6.17. The molecule has 6 aromatic carbocycles. The summed E-state index contributed by atoms with van der Waals surface area (Å²) >= 11 is 0. The van der Waals surface area contributed by atoms with Crippen molar-refractivity contribution in [3.63, 3.8) is 0 Å². The summed E-state index contributed by atoms with van der Waals surface area (Å²) in [7, 11) is 0. The van der Waals surface area contributed by atoms with Gasteiger partial charge in [-0.1, -0.05) is 164 Å². The van der Waals surface area contributed by atoms with Gasteiger partial charge in [-0.25, -0.2) is 24.9 Å². The van der Waals surface area contributed by atoms with Crippen molar-refractivity contribution in [1.29, 1.82) is 0 Å². The predicted octanol–water partition coefficient (Wildman–Crippen LogP) is 12.2.